The minimum Gasteiger partial charge on any atom is -0.333 e. The molecule has 0 spiro atoms. The van der Waals surface area contributed by atoms with Crippen LogP contribution in [0.1, 0.15) is 6.92 Å². The maximum atomic E-state index is 13.6. The molecular formula is C16H11F4N3OS. The third kappa shape index (κ3) is 3.76. The molecule has 1 aromatic heterocycles. The number of rotatable bonds is 4. The van der Waals surface area contributed by atoms with E-state index in [4.69, 9.17) is 0 Å². The van der Waals surface area contributed by atoms with E-state index >= 15 is 0 Å². The fourth-order valence-corrected chi connectivity index (χ4v) is 2.90. The Morgan fingerprint density at radius 3 is 2.56 bits per heavy atom. The number of aromatic nitrogens is 2. The molecular weight excluding hydrogens is 358 g/mol. The molecule has 4 nitrogen and oxygen atoms in total. The van der Waals surface area contributed by atoms with Gasteiger partial charge in [-0.05, 0) is 19.1 Å². The van der Waals surface area contributed by atoms with E-state index in [-0.39, 0.29) is 16.4 Å². The van der Waals surface area contributed by atoms with E-state index < -0.39 is 34.4 Å². The Balaban J connectivity index is 1.72. The summed E-state index contributed by atoms with van der Waals surface area (Å²) in [6.45, 7) is 1.55. The number of thioether (sulfide) groups is 1. The molecule has 2 aromatic carbocycles. The fraction of sp³-hybridized carbons (Fsp3) is 0.125. The Hall–Kier alpha value is -2.55. The monoisotopic (exact) mass is 369 g/mol. The Morgan fingerprint density at radius 2 is 1.84 bits per heavy atom. The zero-order chi connectivity index (χ0) is 18.1. The standard InChI is InChI=1S/C16H11F4N3OS/c1-7(15(24)21-12-3-2-8(17)4-11(12)20)25-16-22-13-5-9(18)10(19)6-14(13)23-16/h2-7H,1H3,(H,21,24)(H,22,23). The number of nitrogens with one attached hydrogen (secondary N) is 2. The Labute approximate surface area is 143 Å². The molecule has 1 heterocycles. The smallest absolute Gasteiger partial charge is 0.237 e. The molecule has 2 N–H and O–H groups in total. The molecule has 0 bridgehead atoms. The van der Waals surface area contributed by atoms with E-state index in [1.165, 1.54) is 0 Å². The second-order valence-electron chi connectivity index (χ2n) is 5.20. The van der Waals surface area contributed by atoms with Gasteiger partial charge in [0, 0.05) is 18.2 Å². The van der Waals surface area contributed by atoms with E-state index in [2.05, 4.69) is 15.3 Å². The van der Waals surface area contributed by atoms with Gasteiger partial charge in [-0.2, -0.15) is 0 Å². The van der Waals surface area contributed by atoms with Crippen LogP contribution in [0.3, 0.4) is 0 Å². The van der Waals surface area contributed by atoms with Crippen molar-refractivity contribution in [2.24, 2.45) is 0 Å². The van der Waals surface area contributed by atoms with Gasteiger partial charge in [-0.25, -0.2) is 22.5 Å². The summed E-state index contributed by atoms with van der Waals surface area (Å²) >= 11 is 0.997. The van der Waals surface area contributed by atoms with E-state index in [1.54, 1.807) is 6.92 Å². The Morgan fingerprint density at radius 1 is 1.12 bits per heavy atom. The van der Waals surface area contributed by atoms with Gasteiger partial charge in [0.1, 0.15) is 11.6 Å². The van der Waals surface area contributed by atoms with Gasteiger partial charge in [0.15, 0.2) is 16.8 Å². The van der Waals surface area contributed by atoms with Crippen LogP contribution in [0.4, 0.5) is 23.2 Å². The number of benzene rings is 2. The highest BCUT2D eigenvalue weighted by molar-refractivity contribution is 8.00. The molecule has 0 saturated carbocycles. The highest BCUT2D eigenvalue weighted by atomic mass is 32.2. The number of anilines is 1. The second kappa shape index (κ2) is 6.75. The number of nitrogens with zero attached hydrogens (tertiary/aromatic N) is 1. The summed E-state index contributed by atoms with van der Waals surface area (Å²) in [5, 5.41) is 1.93. The molecule has 1 amide bonds. The van der Waals surface area contributed by atoms with Crippen LogP contribution in [-0.2, 0) is 4.79 Å². The number of amides is 1. The number of hydrogen-bond acceptors (Lipinski definition) is 3. The van der Waals surface area contributed by atoms with Crippen LogP contribution >= 0.6 is 11.8 Å². The van der Waals surface area contributed by atoms with E-state index in [9.17, 15) is 22.4 Å². The number of H-pyrrole nitrogens is 1. The van der Waals surface area contributed by atoms with Gasteiger partial charge in [0.25, 0.3) is 0 Å². The van der Waals surface area contributed by atoms with E-state index in [0.717, 1.165) is 36.0 Å². The van der Waals surface area contributed by atoms with Crippen LogP contribution in [0.15, 0.2) is 35.5 Å². The van der Waals surface area contributed by atoms with Crippen molar-refractivity contribution >= 4 is 34.4 Å². The molecule has 0 aliphatic rings. The summed E-state index contributed by atoms with van der Waals surface area (Å²) in [6.07, 6.45) is 0. The summed E-state index contributed by atoms with van der Waals surface area (Å²) in [5.74, 6) is -4.20. The molecule has 0 radical (unpaired) electrons. The largest absolute Gasteiger partial charge is 0.333 e. The summed E-state index contributed by atoms with van der Waals surface area (Å²) in [4.78, 5) is 19.0. The van der Waals surface area contributed by atoms with Gasteiger partial charge >= 0.3 is 0 Å². The van der Waals surface area contributed by atoms with Crippen LogP contribution in [0.2, 0.25) is 0 Å². The van der Waals surface area contributed by atoms with Gasteiger partial charge in [0.2, 0.25) is 5.91 Å². The highest BCUT2D eigenvalue weighted by Gasteiger charge is 2.19. The van der Waals surface area contributed by atoms with Crippen LogP contribution in [0.5, 0.6) is 0 Å². The molecule has 0 fully saturated rings. The van der Waals surface area contributed by atoms with Crippen LogP contribution in [-0.4, -0.2) is 21.1 Å². The third-order valence-electron chi connectivity index (χ3n) is 3.35. The Kier molecular flexibility index (Phi) is 4.67. The van der Waals surface area contributed by atoms with Gasteiger partial charge in [0.05, 0.1) is 22.0 Å². The quantitative estimate of drug-likeness (QED) is 0.534. The molecule has 0 aliphatic carbocycles. The zero-order valence-electron chi connectivity index (χ0n) is 12.7. The van der Waals surface area contributed by atoms with Crippen LogP contribution < -0.4 is 5.32 Å². The predicted octanol–water partition coefficient (Wildman–Crippen LogP) is 4.24. The normalized spacial score (nSPS) is 12.4. The third-order valence-corrected chi connectivity index (χ3v) is 4.33. The molecule has 130 valence electrons. The average Bonchev–Trinajstić information content (AvgIpc) is 2.91. The van der Waals surface area contributed by atoms with Crippen molar-refractivity contribution in [1.29, 1.82) is 0 Å². The molecule has 0 aliphatic heterocycles. The van der Waals surface area contributed by atoms with Crippen molar-refractivity contribution in [3.8, 4) is 0 Å². The van der Waals surface area contributed by atoms with Gasteiger partial charge < -0.3 is 10.3 Å². The van der Waals surface area contributed by atoms with Gasteiger partial charge in [-0.15, -0.1) is 0 Å². The summed E-state index contributed by atoms with van der Waals surface area (Å²) in [5.41, 5.74) is 0.366. The molecule has 3 aromatic rings. The predicted molar refractivity (Wildman–Crippen MR) is 86.3 cm³/mol. The van der Waals surface area contributed by atoms with Crippen molar-refractivity contribution in [2.45, 2.75) is 17.3 Å². The first kappa shape index (κ1) is 17.3. The number of carbonyl (C=O) groups is 1. The SMILES string of the molecule is CC(Sc1nc2cc(F)c(F)cc2[nH]1)C(=O)Nc1ccc(F)cc1F. The first-order valence-corrected chi connectivity index (χ1v) is 7.99. The molecule has 1 atom stereocenters. The maximum Gasteiger partial charge on any atom is 0.237 e. The lowest BCUT2D eigenvalue weighted by atomic mass is 10.3. The molecule has 3 rings (SSSR count). The number of fused-ring (bicyclic) bond motifs is 1. The summed E-state index contributed by atoms with van der Waals surface area (Å²) in [6, 6.07) is 4.73. The number of carbonyl (C=O) groups excluding carboxylic acids is 1. The number of halogens is 4. The number of hydrogen-bond donors (Lipinski definition) is 2. The van der Waals surface area contributed by atoms with E-state index in [0.29, 0.717) is 11.6 Å². The first-order chi connectivity index (χ1) is 11.8. The van der Waals surface area contributed by atoms with Crippen molar-refractivity contribution < 1.29 is 22.4 Å². The molecule has 9 heteroatoms. The van der Waals surface area contributed by atoms with Crippen molar-refractivity contribution in [3.05, 3.63) is 53.6 Å². The lowest BCUT2D eigenvalue weighted by molar-refractivity contribution is -0.115. The van der Waals surface area contributed by atoms with Crippen molar-refractivity contribution in [3.63, 3.8) is 0 Å². The molecule has 25 heavy (non-hydrogen) atoms. The highest BCUT2D eigenvalue weighted by Crippen LogP contribution is 2.26. The van der Waals surface area contributed by atoms with E-state index in [1.807, 2.05) is 0 Å². The first-order valence-electron chi connectivity index (χ1n) is 7.11. The van der Waals surface area contributed by atoms with Gasteiger partial charge in [-0.1, -0.05) is 11.8 Å². The number of aromatic amines is 1. The average molecular weight is 369 g/mol. The van der Waals surface area contributed by atoms with Gasteiger partial charge in [-0.3, -0.25) is 4.79 Å². The zero-order valence-corrected chi connectivity index (χ0v) is 13.6. The lowest BCUT2D eigenvalue weighted by Gasteiger charge is -2.11. The maximum absolute atomic E-state index is 13.6. The van der Waals surface area contributed by atoms with Crippen molar-refractivity contribution in [2.75, 3.05) is 5.32 Å². The minimum atomic E-state index is -1.02. The van der Waals surface area contributed by atoms with Crippen LogP contribution in [0.25, 0.3) is 11.0 Å². The second-order valence-corrected chi connectivity index (χ2v) is 6.53. The Bertz CT molecular complexity index is 921. The summed E-state index contributed by atoms with van der Waals surface area (Å²) < 4.78 is 52.8. The summed E-state index contributed by atoms with van der Waals surface area (Å²) in [7, 11) is 0. The molecule has 0 saturated heterocycles. The van der Waals surface area contributed by atoms with Crippen LogP contribution in [0, 0.1) is 23.3 Å². The van der Waals surface area contributed by atoms with Crippen molar-refractivity contribution in [1.82, 2.24) is 9.97 Å². The fourth-order valence-electron chi connectivity index (χ4n) is 2.08. The topological polar surface area (TPSA) is 57.8 Å². The minimum absolute atomic E-state index is 0.146. The number of imidazole rings is 1. The lowest BCUT2D eigenvalue weighted by Crippen LogP contribution is -2.23. The molecule has 1 unspecified atom stereocenters.